The van der Waals surface area contributed by atoms with Gasteiger partial charge in [0.15, 0.2) is 0 Å². The number of phenolic OH excluding ortho intramolecular Hbond substituents is 1. The van der Waals surface area contributed by atoms with Gasteiger partial charge in [-0.2, -0.15) is 0 Å². The van der Waals surface area contributed by atoms with Crippen molar-refractivity contribution in [1.29, 1.82) is 0 Å². The van der Waals surface area contributed by atoms with Crippen LogP contribution in [0.3, 0.4) is 0 Å². The number of hydrogen-bond acceptors (Lipinski definition) is 4. The fraction of sp³-hybridized carbons (Fsp3) is 0.429. The molecule has 1 aliphatic rings. The number of morpholine rings is 1. The highest BCUT2D eigenvalue weighted by molar-refractivity contribution is 5.71. The second-order valence-electron chi connectivity index (χ2n) is 4.77. The van der Waals surface area contributed by atoms with Crippen LogP contribution in [0.25, 0.3) is 0 Å². The SMILES string of the molecule is C=C(C)Cc1cc(N2CCOCC2)c(N)cc1O. The molecular formula is C14H20N2O2. The van der Waals surface area contributed by atoms with Gasteiger partial charge in [-0.05, 0) is 19.4 Å². The molecule has 4 nitrogen and oxygen atoms in total. The van der Waals surface area contributed by atoms with Gasteiger partial charge in [0.05, 0.1) is 24.6 Å². The van der Waals surface area contributed by atoms with Crippen LogP contribution in [0.1, 0.15) is 12.5 Å². The van der Waals surface area contributed by atoms with Crippen molar-refractivity contribution in [2.75, 3.05) is 36.9 Å². The van der Waals surface area contributed by atoms with Crippen LogP contribution in [0.2, 0.25) is 0 Å². The average molecular weight is 248 g/mol. The van der Waals surface area contributed by atoms with Crippen molar-refractivity contribution in [3.05, 3.63) is 29.8 Å². The lowest BCUT2D eigenvalue weighted by molar-refractivity contribution is 0.123. The Balaban J connectivity index is 2.30. The third kappa shape index (κ3) is 2.76. The van der Waals surface area contributed by atoms with E-state index in [0.717, 1.165) is 43.1 Å². The first-order valence-electron chi connectivity index (χ1n) is 6.16. The molecule has 0 aliphatic carbocycles. The highest BCUT2D eigenvalue weighted by Crippen LogP contribution is 2.32. The predicted molar refractivity (Wildman–Crippen MR) is 74.1 cm³/mol. The molecule has 1 aromatic rings. The Labute approximate surface area is 108 Å². The van der Waals surface area contributed by atoms with Crippen LogP contribution in [0, 0.1) is 0 Å². The number of anilines is 2. The van der Waals surface area contributed by atoms with Crippen LogP contribution in [-0.2, 0) is 11.2 Å². The Morgan fingerprint density at radius 1 is 1.44 bits per heavy atom. The normalized spacial score (nSPS) is 15.7. The topological polar surface area (TPSA) is 58.7 Å². The standard InChI is InChI=1S/C14H20N2O2/c1-10(2)7-11-8-13(12(15)9-14(11)17)16-3-5-18-6-4-16/h8-9,17H,1,3-7,15H2,2H3. The Bertz CT molecular complexity index is 451. The van der Waals surface area contributed by atoms with Crippen LogP contribution in [0.4, 0.5) is 11.4 Å². The van der Waals surface area contributed by atoms with Gasteiger partial charge in [0.25, 0.3) is 0 Å². The number of hydrogen-bond donors (Lipinski definition) is 2. The highest BCUT2D eigenvalue weighted by Gasteiger charge is 2.16. The van der Waals surface area contributed by atoms with Gasteiger partial charge in [-0.1, -0.05) is 12.2 Å². The zero-order valence-corrected chi connectivity index (χ0v) is 10.8. The van der Waals surface area contributed by atoms with E-state index in [0.29, 0.717) is 12.1 Å². The maximum atomic E-state index is 9.90. The first kappa shape index (κ1) is 12.8. The van der Waals surface area contributed by atoms with Gasteiger partial charge in [0.2, 0.25) is 0 Å². The Kier molecular flexibility index (Phi) is 3.77. The van der Waals surface area contributed by atoms with Gasteiger partial charge in [0.1, 0.15) is 5.75 Å². The molecule has 2 rings (SSSR count). The number of nitrogen functional groups attached to an aromatic ring is 1. The van der Waals surface area contributed by atoms with Gasteiger partial charge in [0, 0.05) is 24.7 Å². The summed E-state index contributed by atoms with van der Waals surface area (Å²) in [6.07, 6.45) is 0.670. The molecule has 1 aliphatic heterocycles. The lowest BCUT2D eigenvalue weighted by Crippen LogP contribution is -2.36. The molecule has 3 N–H and O–H groups in total. The molecule has 1 heterocycles. The van der Waals surface area contributed by atoms with Crippen molar-refractivity contribution in [2.45, 2.75) is 13.3 Å². The Morgan fingerprint density at radius 2 is 2.11 bits per heavy atom. The van der Waals surface area contributed by atoms with E-state index in [1.54, 1.807) is 6.07 Å². The second-order valence-corrected chi connectivity index (χ2v) is 4.77. The predicted octanol–water partition coefficient (Wildman–Crippen LogP) is 1.93. The molecule has 0 radical (unpaired) electrons. The molecule has 18 heavy (non-hydrogen) atoms. The van der Waals surface area contributed by atoms with Crippen molar-refractivity contribution in [1.82, 2.24) is 0 Å². The van der Waals surface area contributed by atoms with Crippen molar-refractivity contribution in [2.24, 2.45) is 0 Å². The summed E-state index contributed by atoms with van der Waals surface area (Å²) in [6, 6.07) is 3.59. The second kappa shape index (κ2) is 5.31. The van der Waals surface area contributed by atoms with Gasteiger partial charge in [-0.15, -0.1) is 0 Å². The smallest absolute Gasteiger partial charge is 0.121 e. The minimum absolute atomic E-state index is 0.243. The number of benzene rings is 1. The quantitative estimate of drug-likeness (QED) is 0.634. The number of allylic oxidation sites excluding steroid dienone is 1. The minimum atomic E-state index is 0.243. The molecule has 0 aromatic heterocycles. The summed E-state index contributed by atoms with van der Waals surface area (Å²) in [5.41, 5.74) is 9.47. The number of nitrogens with zero attached hydrogens (tertiary/aromatic N) is 1. The van der Waals surface area contributed by atoms with E-state index < -0.39 is 0 Å². The van der Waals surface area contributed by atoms with E-state index in [1.165, 1.54) is 0 Å². The third-order valence-corrected chi connectivity index (χ3v) is 3.07. The van der Waals surface area contributed by atoms with Crippen LogP contribution in [-0.4, -0.2) is 31.4 Å². The Morgan fingerprint density at radius 3 is 2.72 bits per heavy atom. The van der Waals surface area contributed by atoms with Crippen LogP contribution in [0.15, 0.2) is 24.3 Å². The summed E-state index contributed by atoms with van der Waals surface area (Å²) >= 11 is 0. The van der Waals surface area contributed by atoms with Gasteiger partial charge in [-0.3, -0.25) is 0 Å². The summed E-state index contributed by atoms with van der Waals surface area (Å²) in [6.45, 7) is 8.94. The van der Waals surface area contributed by atoms with Gasteiger partial charge >= 0.3 is 0 Å². The summed E-state index contributed by atoms with van der Waals surface area (Å²) in [5.74, 6) is 0.243. The molecule has 0 saturated carbocycles. The maximum absolute atomic E-state index is 9.90. The van der Waals surface area contributed by atoms with Crippen molar-refractivity contribution in [3.8, 4) is 5.75 Å². The van der Waals surface area contributed by atoms with Gasteiger partial charge < -0.3 is 20.5 Å². The molecule has 1 saturated heterocycles. The zero-order valence-electron chi connectivity index (χ0n) is 10.8. The average Bonchev–Trinajstić information content (AvgIpc) is 2.33. The minimum Gasteiger partial charge on any atom is -0.508 e. The highest BCUT2D eigenvalue weighted by atomic mass is 16.5. The summed E-state index contributed by atoms with van der Waals surface area (Å²) in [4.78, 5) is 2.19. The molecule has 0 amide bonds. The zero-order chi connectivity index (χ0) is 13.1. The van der Waals surface area contributed by atoms with E-state index >= 15 is 0 Å². The van der Waals surface area contributed by atoms with Crippen LogP contribution in [0.5, 0.6) is 5.75 Å². The number of phenols is 1. The molecule has 0 unspecified atom stereocenters. The lowest BCUT2D eigenvalue weighted by Gasteiger charge is -2.30. The Hall–Kier alpha value is -1.68. The first-order chi connectivity index (χ1) is 8.58. The van der Waals surface area contributed by atoms with Crippen molar-refractivity contribution >= 4 is 11.4 Å². The van der Waals surface area contributed by atoms with E-state index in [4.69, 9.17) is 10.5 Å². The lowest BCUT2D eigenvalue weighted by atomic mass is 10.0. The van der Waals surface area contributed by atoms with E-state index in [9.17, 15) is 5.11 Å². The number of rotatable bonds is 3. The molecule has 0 spiro atoms. The van der Waals surface area contributed by atoms with Gasteiger partial charge in [-0.25, -0.2) is 0 Å². The molecule has 1 fully saturated rings. The van der Waals surface area contributed by atoms with E-state index in [1.807, 2.05) is 13.0 Å². The van der Waals surface area contributed by atoms with Crippen molar-refractivity contribution in [3.63, 3.8) is 0 Å². The van der Waals surface area contributed by atoms with Crippen molar-refractivity contribution < 1.29 is 9.84 Å². The first-order valence-corrected chi connectivity index (χ1v) is 6.16. The van der Waals surface area contributed by atoms with Crippen LogP contribution >= 0.6 is 0 Å². The molecule has 1 aromatic carbocycles. The van der Waals surface area contributed by atoms with E-state index in [-0.39, 0.29) is 5.75 Å². The summed E-state index contributed by atoms with van der Waals surface area (Å²) in [5, 5.41) is 9.90. The summed E-state index contributed by atoms with van der Waals surface area (Å²) in [7, 11) is 0. The maximum Gasteiger partial charge on any atom is 0.121 e. The third-order valence-electron chi connectivity index (χ3n) is 3.07. The number of ether oxygens (including phenoxy) is 1. The molecule has 4 heteroatoms. The van der Waals surface area contributed by atoms with E-state index in [2.05, 4.69) is 11.5 Å². The fourth-order valence-corrected chi connectivity index (χ4v) is 2.18. The molecular weight excluding hydrogens is 228 g/mol. The number of aromatic hydroxyl groups is 1. The fourth-order valence-electron chi connectivity index (χ4n) is 2.18. The largest absolute Gasteiger partial charge is 0.508 e. The molecule has 0 bridgehead atoms. The summed E-state index contributed by atoms with van der Waals surface area (Å²) < 4.78 is 5.33. The molecule has 98 valence electrons. The monoisotopic (exact) mass is 248 g/mol. The number of nitrogens with two attached hydrogens (primary N) is 1. The molecule has 0 atom stereocenters. The van der Waals surface area contributed by atoms with Crippen LogP contribution < -0.4 is 10.6 Å².